The monoisotopic (exact) mass is 358 g/mol. The Balaban J connectivity index is 1.92. The highest BCUT2D eigenvalue weighted by molar-refractivity contribution is 5.81. The number of hydrogen-bond donors (Lipinski definition) is 4. The molecule has 1 fully saturated rings. The van der Waals surface area contributed by atoms with E-state index in [1.54, 1.807) is 12.2 Å². The van der Waals surface area contributed by atoms with Gasteiger partial charge in [-0.15, -0.1) is 0 Å². The van der Waals surface area contributed by atoms with E-state index >= 15 is 0 Å². The van der Waals surface area contributed by atoms with Crippen LogP contribution in [0.15, 0.2) is 0 Å². The second kappa shape index (κ2) is 10.1. The summed E-state index contributed by atoms with van der Waals surface area (Å²) in [4.78, 5) is 15.5. The number of hydrogen-bond acceptors (Lipinski definition) is 6. The van der Waals surface area contributed by atoms with Gasteiger partial charge in [0, 0.05) is 6.54 Å². The van der Waals surface area contributed by atoms with Crippen LogP contribution in [0.2, 0.25) is 0 Å². The summed E-state index contributed by atoms with van der Waals surface area (Å²) in [5, 5.41) is 20.5. The first-order valence-corrected chi connectivity index (χ1v) is 7.98. The van der Waals surface area contributed by atoms with E-state index in [2.05, 4.69) is 5.48 Å². The molecule has 0 radical (unpaired) electrons. The standard InChI is InChI=1S/C14H25F3N2O5/c1-9(20)6-7-10-12(23-10)19-24-11(21)5-3-2-4-8-18-13(22)14(15,16)17/h9-12,19-21H,2-8H2,1H3,(H,18,22). The molecule has 1 heterocycles. The maximum Gasteiger partial charge on any atom is 0.471 e. The third-order valence-electron chi connectivity index (χ3n) is 3.44. The average molecular weight is 358 g/mol. The molecule has 0 saturated carbocycles. The maximum atomic E-state index is 11.9. The highest BCUT2D eigenvalue weighted by atomic mass is 19.4. The first kappa shape index (κ1) is 21.1. The Labute approximate surface area is 138 Å². The number of carbonyl (C=O) groups excluding carboxylic acids is 1. The van der Waals surface area contributed by atoms with Crippen molar-refractivity contribution in [2.45, 2.75) is 76.4 Å². The Hall–Kier alpha value is -0.940. The first-order valence-electron chi connectivity index (χ1n) is 7.98. The van der Waals surface area contributed by atoms with Crippen LogP contribution in [0.3, 0.4) is 0 Å². The number of nitrogens with one attached hydrogen (secondary N) is 2. The predicted molar refractivity (Wildman–Crippen MR) is 77.3 cm³/mol. The third-order valence-corrected chi connectivity index (χ3v) is 3.44. The molecule has 1 saturated heterocycles. The summed E-state index contributed by atoms with van der Waals surface area (Å²) in [5.74, 6) is -1.94. The summed E-state index contributed by atoms with van der Waals surface area (Å²) < 4.78 is 41.0. The van der Waals surface area contributed by atoms with E-state index in [4.69, 9.17) is 14.7 Å². The van der Waals surface area contributed by atoms with Crippen LogP contribution >= 0.6 is 0 Å². The summed E-state index contributed by atoms with van der Waals surface area (Å²) in [6.45, 7) is 1.63. The summed E-state index contributed by atoms with van der Waals surface area (Å²) in [6, 6.07) is 0. The van der Waals surface area contributed by atoms with Crippen molar-refractivity contribution in [2.24, 2.45) is 0 Å². The number of rotatable bonds is 12. The number of epoxide rings is 1. The van der Waals surface area contributed by atoms with E-state index in [1.165, 1.54) is 0 Å². The van der Waals surface area contributed by atoms with E-state index in [1.807, 2.05) is 0 Å². The number of hydroxylamine groups is 1. The average Bonchev–Trinajstić information content (AvgIpc) is 3.24. The van der Waals surface area contributed by atoms with Gasteiger partial charge < -0.3 is 20.3 Å². The van der Waals surface area contributed by atoms with E-state index in [0.29, 0.717) is 38.5 Å². The molecule has 0 bridgehead atoms. The quantitative estimate of drug-likeness (QED) is 0.179. The molecule has 10 heteroatoms. The molecule has 4 unspecified atom stereocenters. The van der Waals surface area contributed by atoms with Gasteiger partial charge in [-0.1, -0.05) is 6.42 Å². The molecule has 1 aliphatic rings. The van der Waals surface area contributed by atoms with Crippen molar-refractivity contribution in [3.63, 3.8) is 0 Å². The van der Waals surface area contributed by atoms with Crippen LogP contribution in [0.4, 0.5) is 13.2 Å². The fourth-order valence-electron chi connectivity index (χ4n) is 2.00. The zero-order chi connectivity index (χ0) is 18.2. The first-order chi connectivity index (χ1) is 11.2. The lowest BCUT2D eigenvalue weighted by molar-refractivity contribution is -0.173. The van der Waals surface area contributed by atoms with Crippen LogP contribution in [0, 0.1) is 0 Å². The molecular formula is C14H25F3N2O5. The minimum Gasteiger partial charge on any atom is -0.393 e. The van der Waals surface area contributed by atoms with Gasteiger partial charge in [-0.25, -0.2) is 0 Å². The number of aliphatic hydroxyl groups excluding tert-OH is 2. The Morgan fingerprint density at radius 3 is 2.58 bits per heavy atom. The van der Waals surface area contributed by atoms with Crippen LogP contribution in [-0.2, 0) is 14.4 Å². The molecule has 0 aromatic carbocycles. The van der Waals surface area contributed by atoms with Gasteiger partial charge in [-0.3, -0.25) is 9.63 Å². The fraction of sp³-hybridized carbons (Fsp3) is 0.929. The molecule has 1 amide bonds. The van der Waals surface area contributed by atoms with Crippen molar-refractivity contribution in [3.8, 4) is 0 Å². The molecule has 1 aliphatic heterocycles. The second-order valence-corrected chi connectivity index (χ2v) is 5.81. The maximum absolute atomic E-state index is 11.9. The summed E-state index contributed by atoms with van der Waals surface area (Å²) >= 11 is 0. The summed E-state index contributed by atoms with van der Waals surface area (Å²) in [5.41, 5.74) is 2.58. The molecule has 24 heavy (non-hydrogen) atoms. The van der Waals surface area contributed by atoms with Crippen LogP contribution in [0.5, 0.6) is 0 Å². The number of alkyl halides is 3. The van der Waals surface area contributed by atoms with Gasteiger partial charge in [-0.05, 0) is 39.0 Å². The van der Waals surface area contributed by atoms with E-state index in [-0.39, 0.29) is 25.0 Å². The minimum atomic E-state index is -4.85. The third kappa shape index (κ3) is 9.38. The Morgan fingerprint density at radius 2 is 1.96 bits per heavy atom. The number of aliphatic hydroxyl groups is 2. The number of carbonyl (C=O) groups is 1. The molecule has 142 valence electrons. The van der Waals surface area contributed by atoms with Crippen molar-refractivity contribution in [1.29, 1.82) is 0 Å². The highest BCUT2D eigenvalue weighted by Crippen LogP contribution is 2.25. The number of halogens is 3. The molecule has 1 rings (SSSR count). The molecule has 4 N–H and O–H groups in total. The Kier molecular flexibility index (Phi) is 8.92. The molecular weight excluding hydrogens is 333 g/mol. The van der Waals surface area contributed by atoms with Crippen molar-refractivity contribution >= 4 is 5.91 Å². The summed E-state index contributed by atoms with van der Waals surface area (Å²) in [6.07, 6.45) is -3.52. The smallest absolute Gasteiger partial charge is 0.393 e. The fourth-order valence-corrected chi connectivity index (χ4v) is 2.00. The molecule has 4 atom stereocenters. The van der Waals surface area contributed by atoms with Crippen LogP contribution < -0.4 is 10.8 Å². The number of amides is 1. The van der Waals surface area contributed by atoms with Gasteiger partial charge in [0.15, 0.2) is 12.5 Å². The van der Waals surface area contributed by atoms with E-state index < -0.39 is 18.4 Å². The van der Waals surface area contributed by atoms with Gasteiger partial charge in [0.2, 0.25) is 0 Å². The lowest BCUT2D eigenvalue weighted by Gasteiger charge is -2.11. The molecule has 0 aliphatic carbocycles. The van der Waals surface area contributed by atoms with E-state index in [0.717, 1.165) is 0 Å². The molecule has 0 spiro atoms. The molecule has 0 aromatic heterocycles. The highest BCUT2D eigenvalue weighted by Gasteiger charge is 2.39. The number of unbranched alkanes of at least 4 members (excludes halogenated alkanes) is 2. The molecule has 7 nitrogen and oxygen atoms in total. The van der Waals surface area contributed by atoms with Crippen molar-refractivity contribution in [1.82, 2.24) is 10.8 Å². The SMILES string of the molecule is CC(O)CCC1OC1NOC(O)CCCCCNC(=O)C(F)(F)F. The zero-order valence-electron chi connectivity index (χ0n) is 13.5. The lowest BCUT2D eigenvalue weighted by atomic mass is 10.2. The van der Waals surface area contributed by atoms with Crippen LogP contribution in [-0.4, -0.2) is 53.6 Å². The van der Waals surface area contributed by atoms with Gasteiger partial charge >= 0.3 is 12.1 Å². The van der Waals surface area contributed by atoms with E-state index in [9.17, 15) is 23.1 Å². The predicted octanol–water partition coefficient (Wildman–Crippen LogP) is 0.951. The Bertz CT molecular complexity index is 382. The lowest BCUT2D eigenvalue weighted by Crippen LogP contribution is -2.37. The zero-order valence-corrected chi connectivity index (χ0v) is 13.5. The van der Waals surface area contributed by atoms with Gasteiger partial charge in [-0.2, -0.15) is 18.7 Å². The van der Waals surface area contributed by atoms with Crippen molar-refractivity contribution < 1.29 is 37.8 Å². The molecule has 0 aromatic rings. The van der Waals surface area contributed by atoms with Crippen molar-refractivity contribution in [2.75, 3.05) is 6.54 Å². The normalized spacial score (nSPS) is 22.9. The minimum absolute atomic E-state index is 0.0379. The number of ether oxygens (including phenoxy) is 1. The largest absolute Gasteiger partial charge is 0.471 e. The topological polar surface area (TPSA) is 103 Å². The van der Waals surface area contributed by atoms with Gasteiger partial charge in [0.1, 0.15) is 6.10 Å². The van der Waals surface area contributed by atoms with Crippen LogP contribution in [0.1, 0.15) is 45.4 Å². The van der Waals surface area contributed by atoms with Crippen LogP contribution in [0.25, 0.3) is 0 Å². The summed E-state index contributed by atoms with van der Waals surface area (Å²) in [7, 11) is 0. The van der Waals surface area contributed by atoms with Gasteiger partial charge in [0.05, 0.1) is 6.10 Å². The van der Waals surface area contributed by atoms with Crippen molar-refractivity contribution in [3.05, 3.63) is 0 Å². The second-order valence-electron chi connectivity index (χ2n) is 5.81. The van der Waals surface area contributed by atoms with Gasteiger partial charge in [0.25, 0.3) is 0 Å². The Morgan fingerprint density at radius 1 is 1.25 bits per heavy atom.